The zero-order valence-electron chi connectivity index (χ0n) is 13.6. The van der Waals surface area contributed by atoms with E-state index in [1.807, 2.05) is 67.6 Å². The molecule has 3 nitrogen and oxygen atoms in total. The lowest BCUT2D eigenvalue weighted by Crippen LogP contribution is -2.33. The Morgan fingerprint density at radius 1 is 0.960 bits per heavy atom. The molecular formula is C20H17FN2OS. The summed E-state index contributed by atoms with van der Waals surface area (Å²) in [6.07, 6.45) is 0. The quantitative estimate of drug-likeness (QED) is 0.515. The minimum absolute atomic E-state index is 0.0139. The van der Waals surface area contributed by atoms with Crippen LogP contribution in [0.3, 0.4) is 0 Å². The molecule has 0 aliphatic carbocycles. The minimum atomic E-state index is -0.527. The normalized spacial score (nSPS) is 10.5. The van der Waals surface area contributed by atoms with Gasteiger partial charge in [0.1, 0.15) is 5.82 Å². The van der Waals surface area contributed by atoms with Crippen LogP contribution in [0, 0.1) is 12.7 Å². The Hall–Kier alpha value is -2.63. The van der Waals surface area contributed by atoms with Crippen LogP contribution >= 0.6 is 11.9 Å². The number of hydrogen-bond acceptors (Lipinski definition) is 3. The number of carbonyl (C=O) groups is 1. The van der Waals surface area contributed by atoms with E-state index in [1.54, 1.807) is 12.1 Å². The number of rotatable bonds is 5. The van der Waals surface area contributed by atoms with Gasteiger partial charge in [-0.1, -0.05) is 48.5 Å². The van der Waals surface area contributed by atoms with Gasteiger partial charge in [-0.2, -0.15) is 4.83 Å². The van der Waals surface area contributed by atoms with Crippen molar-refractivity contribution in [3.05, 3.63) is 89.7 Å². The summed E-state index contributed by atoms with van der Waals surface area (Å²) in [4.78, 5) is 16.1. The predicted octanol–water partition coefficient (Wildman–Crippen LogP) is 4.74. The molecule has 0 heterocycles. The van der Waals surface area contributed by atoms with Crippen molar-refractivity contribution in [1.82, 2.24) is 10.3 Å². The highest BCUT2D eigenvalue weighted by atomic mass is 32.2. The first kappa shape index (κ1) is 17.2. The molecular weight excluding hydrogens is 335 g/mol. The van der Waals surface area contributed by atoms with Gasteiger partial charge in [0.25, 0.3) is 5.91 Å². The monoisotopic (exact) mass is 352 g/mol. The van der Waals surface area contributed by atoms with Crippen molar-refractivity contribution in [2.24, 2.45) is 0 Å². The van der Waals surface area contributed by atoms with Gasteiger partial charge in [0.05, 0.1) is 5.56 Å². The van der Waals surface area contributed by atoms with Crippen LogP contribution in [-0.4, -0.2) is 5.91 Å². The van der Waals surface area contributed by atoms with E-state index in [1.165, 1.54) is 11.9 Å². The SMILES string of the molecule is Cc1cc(C(=O)NNSc2ccccc2)c(F)c(-c2ccccc2)c1. The van der Waals surface area contributed by atoms with Gasteiger partial charge in [-0.3, -0.25) is 10.2 Å². The Labute approximate surface area is 150 Å². The second kappa shape index (κ2) is 7.96. The summed E-state index contributed by atoms with van der Waals surface area (Å²) >= 11 is 1.25. The second-order valence-corrected chi connectivity index (χ2v) is 6.39. The molecule has 3 rings (SSSR count). The van der Waals surface area contributed by atoms with E-state index in [0.29, 0.717) is 5.56 Å². The summed E-state index contributed by atoms with van der Waals surface area (Å²) in [5, 5.41) is 0. The van der Waals surface area contributed by atoms with Crippen LogP contribution < -0.4 is 10.3 Å². The molecule has 5 heteroatoms. The van der Waals surface area contributed by atoms with Crippen LogP contribution in [0.25, 0.3) is 11.1 Å². The molecule has 3 aromatic carbocycles. The molecule has 0 aliphatic rings. The second-order valence-electron chi connectivity index (χ2n) is 5.51. The molecule has 0 fully saturated rings. The smallest absolute Gasteiger partial charge is 0.269 e. The van der Waals surface area contributed by atoms with Crippen molar-refractivity contribution in [3.8, 4) is 11.1 Å². The Bertz CT molecular complexity index is 870. The topological polar surface area (TPSA) is 41.1 Å². The summed E-state index contributed by atoms with van der Waals surface area (Å²) in [6.45, 7) is 1.84. The van der Waals surface area contributed by atoms with Gasteiger partial charge in [-0.25, -0.2) is 4.39 Å². The van der Waals surface area contributed by atoms with E-state index < -0.39 is 11.7 Å². The molecule has 0 spiro atoms. The lowest BCUT2D eigenvalue weighted by molar-refractivity contribution is 0.0943. The number of hydrazine groups is 1. The van der Waals surface area contributed by atoms with Crippen LogP contribution in [0.1, 0.15) is 15.9 Å². The van der Waals surface area contributed by atoms with Crippen LogP contribution in [-0.2, 0) is 0 Å². The highest BCUT2D eigenvalue weighted by molar-refractivity contribution is 7.97. The van der Waals surface area contributed by atoms with E-state index >= 15 is 0 Å². The molecule has 0 saturated heterocycles. The van der Waals surface area contributed by atoms with Gasteiger partial charge in [-0.05, 0) is 54.3 Å². The molecule has 3 aromatic rings. The highest BCUT2D eigenvalue weighted by Crippen LogP contribution is 2.26. The summed E-state index contributed by atoms with van der Waals surface area (Å²) in [5.41, 5.74) is 4.52. The Morgan fingerprint density at radius 3 is 2.28 bits per heavy atom. The van der Waals surface area contributed by atoms with Crippen LogP contribution in [0.15, 0.2) is 77.7 Å². The zero-order valence-corrected chi connectivity index (χ0v) is 14.4. The van der Waals surface area contributed by atoms with Gasteiger partial charge in [0.2, 0.25) is 0 Å². The predicted molar refractivity (Wildman–Crippen MR) is 99.5 cm³/mol. The molecule has 0 atom stereocenters. The number of amides is 1. The maximum Gasteiger partial charge on any atom is 0.269 e. The fraction of sp³-hybridized carbons (Fsp3) is 0.0500. The number of benzene rings is 3. The van der Waals surface area contributed by atoms with Gasteiger partial charge < -0.3 is 0 Å². The summed E-state index contributed by atoms with van der Waals surface area (Å²) in [7, 11) is 0. The average Bonchev–Trinajstić information content (AvgIpc) is 2.65. The van der Waals surface area contributed by atoms with E-state index in [0.717, 1.165) is 16.0 Å². The molecule has 0 aliphatic heterocycles. The standard InChI is InChI=1S/C20H17FN2OS/c1-14-12-17(15-8-4-2-5-9-15)19(21)18(13-14)20(24)22-23-25-16-10-6-3-7-11-16/h2-13,23H,1H3,(H,22,24). The molecule has 0 radical (unpaired) electrons. The lowest BCUT2D eigenvalue weighted by atomic mass is 9.99. The van der Waals surface area contributed by atoms with E-state index in [4.69, 9.17) is 0 Å². The van der Waals surface area contributed by atoms with Crippen molar-refractivity contribution in [2.45, 2.75) is 11.8 Å². The third kappa shape index (κ3) is 4.26. The number of carbonyl (C=O) groups excluding carboxylic acids is 1. The van der Waals surface area contributed by atoms with Gasteiger partial charge in [0, 0.05) is 10.5 Å². The molecule has 1 amide bonds. The van der Waals surface area contributed by atoms with Crippen LogP contribution in [0.2, 0.25) is 0 Å². The Kier molecular flexibility index (Phi) is 5.48. The van der Waals surface area contributed by atoms with E-state index in [2.05, 4.69) is 10.3 Å². The summed E-state index contributed by atoms with van der Waals surface area (Å²) < 4.78 is 14.8. The number of hydrogen-bond donors (Lipinski definition) is 2. The van der Waals surface area contributed by atoms with Crippen molar-refractivity contribution in [2.75, 3.05) is 0 Å². The maximum atomic E-state index is 14.8. The fourth-order valence-corrected chi connectivity index (χ4v) is 3.00. The third-order valence-electron chi connectivity index (χ3n) is 3.62. The minimum Gasteiger partial charge on any atom is -0.277 e. The fourth-order valence-electron chi connectivity index (χ4n) is 2.45. The van der Waals surface area contributed by atoms with Gasteiger partial charge in [0.15, 0.2) is 0 Å². The van der Waals surface area contributed by atoms with Gasteiger partial charge >= 0.3 is 0 Å². The molecule has 126 valence electrons. The summed E-state index contributed by atoms with van der Waals surface area (Å²) in [5.74, 6) is -1.04. The molecule has 0 bridgehead atoms. The third-order valence-corrected chi connectivity index (χ3v) is 4.34. The molecule has 25 heavy (non-hydrogen) atoms. The summed E-state index contributed by atoms with van der Waals surface area (Å²) in [6, 6.07) is 22.0. The van der Waals surface area contributed by atoms with Crippen molar-refractivity contribution < 1.29 is 9.18 Å². The first-order valence-corrected chi connectivity index (χ1v) is 8.59. The largest absolute Gasteiger partial charge is 0.277 e. The molecule has 0 unspecified atom stereocenters. The van der Waals surface area contributed by atoms with E-state index in [9.17, 15) is 9.18 Å². The molecule has 2 N–H and O–H groups in total. The Balaban J connectivity index is 1.77. The van der Waals surface area contributed by atoms with Crippen molar-refractivity contribution in [3.63, 3.8) is 0 Å². The van der Waals surface area contributed by atoms with Crippen molar-refractivity contribution >= 4 is 17.9 Å². The van der Waals surface area contributed by atoms with Crippen LogP contribution in [0.5, 0.6) is 0 Å². The number of nitrogens with one attached hydrogen (secondary N) is 2. The highest BCUT2D eigenvalue weighted by Gasteiger charge is 2.17. The molecule has 0 aromatic heterocycles. The zero-order chi connectivity index (χ0) is 17.6. The maximum absolute atomic E-state index is 14.8. The molecule has 0 saturated carbocycles. The van der Waals surface area contributed by atoms with Crippen molar-refractivity contribution in [1.29, 1.82) is 0 Å². The van der Waals surface area contributed by atoms with Gasteiger partial charge in [-0.15, -0.1) is 0 Å². The van der Waals surface area contributed by atoms with E-state index in [-0.39, 0.29) is 5.56 Å². The first-order valence-electron chi connectivity index (χ1n) is 7.78. The Morgan fingerprint density at radius 2 is 1.60 bits per heavy atom. The lowest BCUT2D eigenvalue weighted by Gasteiger charge is -2.11. The van der Waals surface area contributed by atoms with Crippen LogP contribution in [0.4, 0.5) is 4.39 Å². The average molecular weight is 352 g/mol. The number of halogens is 1. The number of aryl methyl sites for hydroxylation is 1. The first-order chi connectivity index (χ1) is 12.1.